The molecule has 3 N–H and O–H groups in total. The number of azide groups is 1. The summed E-state index contributed by atoms with van der Waals surface area (Å²) in [6.07, 6.45) is -3.86. The maximum atomic E-state index is 13.9. The van der Waals surface area contributed by atoms with E-state index < -0.39 is 35.1 Å². The number of rotatable bonds is 14. The molecule has 2 atom stereocenters. The van der Waals surface area contributed by atoms with E-state index in [1.165, 1.54) is 6.08 Å². The van der Waals surface area contributed by atoms with Crippen LogP contribution in [0.4, 0.5) is 17.6 Å². The number of halogens is 4. The Balaban J connectivity index is 1.67. The highest BCUT2D eigenvalue weighted by Crippen LogP contribution is 2.44. The molecule has 1 heterocycles. The first-order chi connectivity index (χ1) is 21.6. The molecule has 1 aliphatic heterocycles. The summed E-state index contributed by atoms with van der Waals surface area (Å²) in [7, 11) is 0. The normalized spacial score (nSPS) is 17.5. The minimum atomic E-state index is -4.75. The lowest BCUT2D eigenvalue weighted by atomic mass is 9.83. The number of amides is 1. The second-order valence-electron chi connectivity index (χ2n) is 10.0. The summed E-state index contributed by atoms with van der Waals surface area (Å²) in [5.74, 6) is -1.10. The Morgan fingerprint density at radius 3 is 2.64 bits per heavy atom. The third kappa shape index (κ3) is 7.98. The van der Waals surface area contributed by atoms with Gasteiger partial charge in [0.15, 0.2) is 11.6 Å². The molecule has 0 aliphatic carbocycles. The first kappa shape index (κ1) is 33.0. The van der Waals surface area contributed by atoms with E-state index in [1.54, 1.807) is 48.5 Å². The molecule has 0 saturated heterocycles. The van der Waals surface area contributed by atoms with Crippen molar-refractivity contribution in [1.82, 2.24) is 10.9 Å². The van der Waals surface area contributed by atoms with Crippen LogP contribution in [0.15, 0.2) is 89.5 Å². The molecule has 236 valence electrons. The summed E-state index contributed by atoms with van der Waals surface area (Å²) in [6.45, 7) is 3.74. The van der Waals surface area contributed by atoms with Gasteiger partial charge in [-0.2, -0.15) is 13.2 Å². The molecule has 0 spiro atoms. The summed E-state index contributed by atoms with van der Waals surface area (Å²) in [5.41, 5.74) is 12.8. The van der Waals surface area contributed by atoms with Crippen molar-refractivity contribution in [2.45, 2.75) is 43.8 Å². The van der Waals surface area contributed by atoms with Crippen LogP contribution >= 0.6 is 0 Å². The van der Waals surface area contributed by atoms with Gasteiger partial charge in [-0.1, -0.05) is 35.5 Å². The fourth-order valence-electron chi connectivity index (χ4n) is 4.80. The number of carbonyl (C=O) groups excluding carboxylic acids is 1. The van der Waals surface area contributed by atoms with E-state index in [-0.39, 0.29) is 37.6 Å². The van der Waals surface area contributed by atoms with E-state index in [9.17, 15) is 22.4 Å². The summed E-state index contributed by atoms with van der Waals surface area (Å²) < 4.78 is 65.4. The molecule has 3 aromatic carbocycles. The molecular formula is C31H30F4N6O4. The Labute approximate surface area is 256 Å². The van der Waals surface area contributed by atoms with Crippen LogP contribution in [0, 0.1) is 5.82 Å². The summed E-state index contributed by atoms with van der Waals surface area (Å²) in [6, 6.07) is 15.8. The first-order valence-corrected chi connectivity index (χ1v) is 13.8. The lowest BCUT2D eigenvalue weighted by Crippen LogP contribution is -2.52. The Morgan fingerprint density at radius 1 is 1.20 bits per heavy atom. The number of hydrazine groups is 1. The zero-order chi connectivity index (χ0) is 32.5. The van der Waals surface area contributed by atoms with Crippen molar-refractivity contribution < 1.29 is 36.9 Å². The van der Waals surface area contributed by atoms with Gasteiger partial charge in [0.1, 0.15) is 11.6 Å². The van der Waals surface area contributed by atoms with Gasteiger partial charge in [0.2, 0.25) is 5.90 Å². The number of aliphatic hydroxyl groups is 1. The maximum absolute atomic E-state index is 13.9. The molecule has 0 fully saturated rings. The van der Waals surface area contributed by atoms with Gasteiger partial charge < -0.3 is 14.6 Å². The number of aliphatic hydroxyl groups excluding tert-OH is 1. The fourth-order valence-corrected chi connectivity index (χ4v) is 4.80. The quantitative estimate of drug-likeness (QED) is 0.0379. The van der Waals surface area contributed by atoms with Gasteiger partial charge in [-0.3, -0.25) is 10.2 Å². The van der Waals surface area contributed by atoms with Crippen molar-refractivity contribution in [2.75, 3.05) is 13.2 Å². The molecule has 0 saturated carbocycles. The van der Waals surface area contributed by atoms with E-state index in [4.69, 9.17) is 25.1 Å². The Bertz CT molecular complexity index is 1590. The Hall–Kier alpha value is -4.91. The van der Waals surface area contributed by atoms with Crippen molar-refractivity contribution in [1.29, 1.82) is 0 Å². The molecule has 0 unspecified atom stereocenters. The van der Waals surface area contributed by atoms with Gasteiger partial charge in [-0.05, 0) is 64.7 Å². The second-order valence-corrected chi connectivity index (χ2v) is 10.0. The van der Waals surface area contributed by atoms with E-state index in [1.807, 2.05) is 0 Å². The minimum absolute atomic E-state index is 0.00952. The van der Waals surface area contributed by atoms with Crippen molar-refractivity contribution in [2.24, 2.45) is 10.1 Å². The number of benzene rings is 3. The second kappa shape index (κ2) is 14.7. The lowest BCUT2D eigenvalue weighted by molar-refractivity contribution is -0.138. The Morgan fingerprint density at radius 2 is 1.96 bits per heavy atom. The SMILES string of the molecule is C=CC[C@]1(C(=O)NNCc2cc(F)cc(C(F)(F)F)c2)N=C(c2ccc(OCCCO)cc2)O[C@H]1c1ccccc1CN=[N+]=[N-]. The van der Waals surface area contributed by atoms with Crippen molar-refractivity contribution >= 4 is 11.8 Å². The number of carbonyl (C=O) groups is 1. The van der Waals surface area contributed by atoms with Crippen LogP contribution in [0.5, 0.6) is 5.75 Å². The highest BCUT2D eigenvalue weighted by molar-refractivity contribution is 6.01. The van der Waals surface area contributed by atoms with Crippen LogP contribution in [0.25, 0.3) is 10.4 Å². The molecule has 4 rings (SSSR count). The van der Waals surface area contributed by atoms with E-state index in [2.05, 4.69) is 27.5 Å². The molecule has 1 aliphatic rings. The van der Waals surface area contributed by atoms with Crippen molar-refractivity contribution in [3.8, 4) is 5.75 Å². The average molecular weight is 627 g/mol. The molecule has 3 aromatic rings. The molecule has 0 aromatic heterocycles. The van der Waals surface area contributed by atoms with Gasteiger partial charge in [0.05, 0.1) is 18.7 Å². The lowest BCUT2D eigenvalue weighted by Gasteiger charge is -2.30. The van der Waals surface area contributed by atoms with Gasteiger partial charge >= 0.3 is 6.18 Å². The largest absolute Gasteiger partial charge is 0.494 e. The molecule has 45 heavy (non-hydrogen) atoms. The van der Waals surface area contributed by atoms with Crippen LogP contribution in [0.1, 0.15) is 46.8 Å². The third-order valence-corrected chi connectivity index (χ3v) is 6.91. The van der Waals surface area contributed by atoms with Gasteiger partial charge in [0.25, 0.3) is 5.91 Å². The number of ether oxygens (including phenoxy) is 2. The van der Waals surface area contributed by atoms with E-state index in [0.29, 0.717) is 41.5 Å². The summed E-state index contributed by atoms with van der Waals surface area (Å²) >= 11 is 0. The van der Waals surface area contributed by atoms with Crippen LogP contribution in [0.2, 0.25) is 0 Å². The molecule has 14 heteroatoms. The van der Waals surface area contributed by atoms with Crippen LogP contribution in [-0.4, -0.2) is 35.7 Å². The number of nitrogens with zero attached hydrogens (tertiary/aromatic N) is 4. The number of hydrogen-bond donors (Lipinski definition) is 3. The van der Waals surface area contributed by atoms with Gasteiger partial charge in [-0.25, -0.2) is 14.8 Å². The van der Waals surface area contributed by atoms with Crippen LogP contribution < -0.4 is 15.6 Å². The minimum Gasteiger partial charge on any atom is -0.494 e. The molecule has 10 nitrogen and oxygen atoms in total. The standard InChI is InChI=1S/C31H30F4N6O4/c1-2-12-30(29(43)40-37-18-20-15-23(31(33,34)35)17-24(32)16-20)27(26-7-4-3-6-22(26)19-38-41-36)45-28(39-30)21-8-10-25(11-9-21)44-14-5-13-42/h2-4,6-11,15-17,27,37,42H,1,5,12-14,18-19H2,(H,40,43)/t27-,30-/m0/s1. The van der Waals surface area contributed by atoms with E-state index in [0.717, 1.165) is 12.1 Å². The predicted octanol–water partition coefficient (Wildman–Crippen LogP) is 6.07. The highest BCUT2D eigenvalue weighted by Gasteiger charge is 2.53. The van der Waals surface area contributed by atoms with Crippen LogP contribution in [-0.2, 0) is 28.8 Å². The monoisotopic (exact) mass is 626 g/mol. The number of hydrogen-bond acceptors (Lipinski definition) is 7. The summed E-state index contributed by atoms with van der Waals surface area (Å²) in [4.78, 5) is 21.5. The van der Waals surface area contributed by atoms with E-state index >= 15 is 0 Å². The number of aliphatic imine (C=N–C) groups is 1. The average Bonchev–Trinajstić information content (AvgIpc) is 3.40. The predicted molar refractivity (Wildman–Crippen MR) is 157 cm³/mol. The molecular weight excluding hydrogens is 596 g/mol. The maximum Gasteiger partial charge on any atom is 0.416 e. The highest BCUT2D eigenvalue weighted by atomic mass is 19.4. The molecule has 0 bridgehead atoms. The number of alkyl halides is 3. The zero-order valence-electron chi connectivity index (χ0n) is 23.9. The van der Waals surface area contributed by atoms with Gasteiger partial charge in [-0.15, -0.1) is 6.58 Å². The number of nitrogens with one attached hydrogen (secondary N) is 2. The topological polar surface area (TPSA) is 141 Å². The van der Waals surface area contributed by atoms with Gasteiger partial charge in [0, 0.05) is 36.5 Å². The first-order valence-electron chi connectivity index (χ1n) is 13.8. The smallest absolute Gasteiger partial charge is 0.416 e. The molecule has 0 radical (unpaired) electrons. The molecule has 1 amide bonds. The fraction of sp³-hybridized carbons (Fsp3) is 0.290. The summed E-state index contributed by atoms with van der Waals surface area (Å²) in [5, 5.41) is 12.6. The van der Waals surface area contributed by atoms with Crippen molar-refractivity contribution in [3.05, 3.63) is 123 Å². The third-order valence-electron chi connectivity index (χ3n) is 6.91. The van der Waals surface area contributed by atoms with Crippen molar-refractivity contribution in [3.63, 3.8) is 0 Å². The zero-order valence-corrected chi connectivity index (χ0v) is 23.9. The van der Waals surface area contributed by atoms with Crippen LogP contribution in [0.3, 0.4) is 0 Å². The Kier molecular flexibility index (Phi) is 10.8.